The Morgan fingerprint density at radius 1 is 1.21 bits per heavy atom. The minimum atomic E-state index is -0.647. The number of carbonyl (C=O) groups is 2. The molecule has 0 aliphatic carbocycles. The van der Waals surface area contributed by atoms with Gasteiger partial charge in [-0.2, -0.15) is 0 Å². The molecule has 1 amide bonds. The average Bonchev–Trinajstić information content (AvgIpc) is 3.32. The maximum Gasteiger partial charge on any atom is 0.295 e. The van der Waals surface area contributed by atoms with Gasteiger partial charge >= 0.3 is 0 Å². The first-order valence-electron chi connectivity index (χ1n) is 9.63. The van der Waals surface area contributed by atoms with E-state index in [4.69, 9.17) is 4.74 Å². The quantitative estimate of drug-likeness (QED) is 0.407. The highest BCUT2D eigenvalue weighted by Gasteiger charge is 2.46. The van der Waals surface area contributed by atoms with Crippen molar-refractivity contribution < 1.29 is 19.4 Å². The number of aliphatic hydroxyl groups excluding tert-OH is 1. The molecule has 1 aliphatic rings. The van der Waals surface area contributed by atoms with Gasteiger partial charge in [-0.1, -0.05) is 13.0 Å². The highest BCUT2D eigenvalue weighted by atomic mass is 32.1. The van der Waals surface area contributed by atoms with Crippen molar-refractivity contribution in [3.63, 3.8) is 0 Å². The summed E-state index contributed by atoms with van der Waals surface area (Å²) in [5.74, 6) is -0.679. The molecule has 7 heteroatoms. The summed E-state index contributed by atoms with van der Waals surface area (Å²) in [7, 11) is 3.83. The van der Waals surface area contributed by atoms with Crippen LogP contribution in [0.1, 0.15) is 29.8 Å². The second-order valence-electron chi connectivity index (χ2n) is 7.18. The number of carbonyl (C=O) groups excluding carboxylic acids is 2. The Morgan fingerprint density at radius 2 is 1.93 bits per heavy atom. The number of benzene rings is 1. The molecule has 1 atom stereocenters. The molecule has 1 aromatic heterocycles. The van der Waals surface area contributed by atoms with Crippen molar-refractivity contribution in [2.45, 2.75) is 19.4 Å². The Kier molecular flexibility index (Phi) is 6.71. The highest BCUT2D eigenvalue weighted by Crippen LogP contribution is 2.41. The van der Waals surface area contributed by atoms with Crippen LogP contribution >= 0.6 is 11.3 Å². The Hall–Kier alpha value is -2.64. The van der Waals surface area contributed by atoms with Crippen LogP contribution < -0.4 is 4.74 Å². The lowest BCUT2D eigenvalue weighted by Gasteiger charge is -2.25. The Labute approximate surface area is 175 Å². The standard InChI is InChI=1S/C22H26N2O4S/c1-4-13-28-16-9-7-15(8-10-16)20(25)18-19(17-6-5-14-29-17)24(12-11-23(2)3)22(27)21(18)26/h5-10,14,19,25H,4,11-13H2,1-3H3. The number of nitrogens with zero attached hydrogens (tertiary/aromatic N) is 2. The SMILES string of the molecule is CCCOc1ccc(C(O)=C2C(=O)C(=O)N(CCN(C)C)C2c2cccs2)cc1. The zero-order valence-electron chi connectivity index (χ0n) is 16.9. The van der Waals surface area contributed by atoms with E-state index < -0.39 is 17.7 Å². The minimum Gasteiger partial charge on any atom is -0.507 e. The fourth-order valence-corrected chi connectivity index (χ4v) is 4.09. The number of Topliss-reactive ketones (excluding diaryl/α,β-unsaturated/α-hetero) is 1. The maximum absolute atomic E-state index is 12.8. The van der Waals surface area contributed by atoms with E-state index in [1.165, 1.54) is 11.3 Å². The zero-order valence-corrected chi connectivity index (χ0v) is 17.7. The molecule has 1 unspecified atom stereocenters. The lowest BCUT2D eigenvalue weighted by atomic mass is 10.00. The van der Waals surface area contributed by atoms with Crippen molar-refractivity contribution in [3.8, 4) is 5.75 Å². The minimum absolute atomic E-state index is 0.137. The largest absolute Gasteiger partial charge is 0.507 e. The first-order chi connectivity index (χ1) is 13.9. The monoisotopic (exact) mass is 414 g/mol. The predicted octanol–water partition coefficient (Wildman–Crippen LogP) is 3.52. The van der Waals surface area contributed by atoms with E-state index in [0.717, 1.165) is 11.3 Å². The second kappa shape index (κ2) is 9.24. The second-order valence-corrected chi connectivity index (χ2v) is 8.16. The van der Waals surface area contributed by atoms with Crippen molar-refractivity contribution >= 4 is 28.8 Å². The van der Waals surface area contributed by atoms with Crippen molar-refractivity contribution in [2.75, 3.05) is 33.8 Å². The summed E-state index contributed by atoms with van der Waals surface area (Å²) in [6, 6.07) is 10.1. The maximum atomic E-state index is 12.8. The van der Waals surface area contributed by atoms with Crippen LogP contribution in [-0.2, 0) is 9.59 Å². The fraction of sp³-hybridized carbons (Fsp3) is 0.364. The van der Waals surface area contributed by atoms with Crippen LogP contribution in [0.15, 0.2) is 47.4 Å². The summed E-state index contributed by atoms with van der Waals surface area (Å²) in [6.45, 7) is 3.67. The molecule has 2 heterocycles. The molecule has 1 N–H and O–H groups in total. The van der Waals surface area contributed by atoms with Gasteiger partial charge in [-0.15, -0.1) is 11.3 Å². The molecule has 0 bridgehead atoms. The third-order valence-corrected chi connectivity index (χ3v) is 5.67. The van der Waals surface area contributed by atoms with Gasteiger partial charge in [-0.25, -0.2) is 0 Å². The van der Waals surface area contributed by atoms with Crippen LogP contribution in [0.2, 0.25) is 0 Å². The van der Waals surface area contributed by atoms with Crippen LogP contribution in [0, 0.1) is 0 Å². The molecular formula is C22H26N2O4S. The summed E-state index contributed by atoms with van der Waals surface area (Å²) in [6.07, 6.45) is 0.902. The molecule has 154 valence electrons. The van der Waals surface area contributed by atoms with Crippen LogP contribution in [-0.4, -0.2) is 60.4 Å². The summed E-state index contributed by atoms with van der Waals surface area (Å²) < 4.78 is 5.58. The number of amides is 1. The molecule has 1 saturated heterocycles. The average molecular weight is 415 g/mol. The van der Waals surface area contributed by atoms with E-state index >= 15 is 0 Å². The number of likely N-dealkylation sites (tertiary alicyclic amines) is 1. The van der Waals surface area contributed by atoms with Gasteiger partial charge in [0.2, 0.25) is 0 Å². The van der Waals surface area contributed by atoms with Gasteiger partial charge in [0.15, 0.2) is 0 Å². The predicted molar refractivity (Wildman–Crippen MR) is 114 cm³/mol. The molecule has 0 radical (unpaired) electrons. The molecule has 1 fully saturated rings. The van der Waals surface area contributed by atoms with E-state index in [9.17, 15) is 14.7 Å². The van der Waals surface area contributed by atoms with Crippen LogP contribution in [0.4, 0.5) is 0 Å². The van der Waals surface area contributed by atoms with E-state index in [1.807, 2.05) is 43.4 Å². The molecule has 0 spiro atoms. The summed E-state index contributed by atoms with van der Waals surface area (Å²) in [4.78, 5) is 30.0. The third-order valence-electron chi connectivity index (χ3n) is 4.74. The summed E-state index contributed by atoms with van der Waals surface area (Å²) in [5.41, 5.74) is 0.624. The molecule has 3 rings (SSSR count). The molecule has 1 aromatic carbocycles. The highest BCUT2D eigenvalue weighted by molar-refractivity contribution is 7.10. The van der Waals surface area contributed by atoms with Crippen molar-refractivity contribution in [1.29, 1.82) is 0 Å². The Bertz CT molecular complexity index is 888. The normalized spacial score (nSPS) is 18.6. The Balaban J connectivity index is 1.99. The fourth-order valence-electron chi connectivity index (χ4n) is 3.25. The number of aliphatic hydroxyl groups is 1. The zero-order chi connectivity index (χ0) is 21.0. The van der Waals surface area contributed by atoms with Crippen LogP contribution in [0.25, 0.3) is 5.76 Å². The number of ether oxygens (including phenoxy) is 1. The molecule has 0 saturated carbocycles. The number of ketones is 1. The van der Waals surface area contributed by atoms with Crippen molar-refractivity contribution in [3.05, 3.63) is 57.8 Å². The van der Waals surface area contributed by atoms with Gasteiger partial charge in [0.1, 0.15) is 11.5 Å². The van der Waals surface area contributed by atoms with Crippen LogP contribution in [0.5, 0.6) is 5.75 Å². The molecule has 2 aromatic rings. The van der Waals surface area contributed by atoms with Crippen molar-refractivity contribution in [1.82, 2.24) is 9.80 Å². The number of hydrogen-bond donors (Lipinski definition) is 1. The number of likely N-dealkylation sites (N-methyl/N-ethyl adjacent to an activating group) is 1. The van der Waals surface area contributed by atoms with E-state index in [-0.39, 0.29) is 11.3 Å². The van der Waals surface area contributed by atoms with E-state index in [2.05, 4.69) is 0 Å². The van der Waals surface area contributed by atoms with Gasteiger partial charge in [0.05, 0.1) is 18.2 Å². The lowest BCUT2D eigenvalue weighted by molar-refractivity contribution is -0.140. The van der Waals surface area contributed by atoms with Gasteiger partial charge in [0.25, 0.3) is 11.7 Å². The van der Waals surface area contributed by atoms with Gasteiger partial charge in [-0.05, 0) is 56.2 Å². The van der Waals surface area contributed by atoms with Gasteiger partial charge < -0.3 is 19.6 Å². The van der Waals surface area contributed by atoms with Gasteiger partial charge in [-0.3, -0.25) is 9.59 Å². The van der Waals surface area contributed by atoms with Crippen molar-refractivity contribution in [2.24, 2.45) is 0 Å². The van der Waals surface area contributed by atoms with Gasteiger partial charge in [0, 0.05) is 23.5 Å². The van der Waals surface area contributed by atoms with Crippen LogP contribution in [0.3, 0.4) is 0 Å². The van der Waals surface area contributed by atoms with E-state index in [0.29, 0.717) is 31.0 Å². The number of thiophene rings is 1. The number of hydrogen-bond acceptors (Lipinski definition) is 6. The molecule has 6 nitrogen and oxygen atoms in total. The number of rotatable bonds is 8. The lowest BCUT2D eigenvalue weighted by Crippen LogP contribution is -2.35. The topological polar surface area (TPSA) is 70.1 Å². The summed E-state index contributed by atoms with van der Waals surface area (Å²) >= 11 is 1.47. The first-order valence-corrected chi connectivity index (χ1v) is 10.5. The molecule has 1 aliphatic heterocycles. The third kappa shape index (κ3) is 4.52. The smallest absolute Gasteiger partial charge is 0.295 e. The molecule has 29 heavy (non-hydrogen) atoms. The molecular weight excluding hydrogens is 388 g/mol. The summed E-state index contributed by atoms with van der Waals surface area (Å²) in [5, 5.41) is 12.9. The van der Waals surface area contributed by atoms with E-state index in [1.54, 1.807) is 29.2 Å². The first kappa shape index (κ1) is 21.1. The Morgan fingerprint density at radius 3 is 2.52 bits per heavy atom.